The van der Waals surface area contributed by atoms with E-state index >= 15 is 0 Å². The van der Waals surface area contributed by atoms with Gasteiger partial charge in [-0.1, -0.05) is 24.3 Å². The summed E-state index contributed by atoms with van der Waals surface area (Å²) < 4.78 is 10.5. The highest BCUT2D eigenvalue weighted by Gasteiger charge is 2.36. The van der Waals surface area contributed by atoms with E-state index in [1.165, 1.54) is 26.2 Å². The molecule has 2 aromatic rings. The van der Waals surface area contributed by atoms with Crippen molar-refractivity contribution in [2.45, 2.75) is 26.9 Å². The number of aliphatic carboxylic acids is 1. The third-order valence-corrected chi connectivity index (χ3v) is 5.95. The molecule has 178 valence electrons. The van der Waals surface area contributed by atoms with E-state index in [1.54, 1.807) is 12.1 Å². The number of amides is 3. The van der Waals surface area contributed by atoms with Gasteiger partial charge in [-0.25, -0.2) is 0 Å². The van der Waals surface area contributed by atoms with Crippen molar-refractivity contribution in [2.24, 2.45) is 0 Å². The molecule has 0 saturated carbocycles. The number of carboxylic acid groups (broad SMARTS) is 1. The summed E-state index contributed by atoms with van der Waals surface area (Å²) in [7, 11) is 1.39. The lowest BCUT2D eigenvalue weighted by Crippen LogP contribution is -2.37. The maximum Gasteiger partial charge on any atom is 0.294 e. The van der Waals surface area contributed by atoms with Crippen LogP contribution in [0.2, 0.25) is 0 Å². The van der Waals surface area contributed by atoms with Gasteiger partial charge in [0.2, 0.25) is 5.91 Å². The molecule has 0 unspecified atom stereocenters. The first kappa shape index (κ1) is 24.8. The van der Waals surface area contributed by atoms with Crippen LogP contribution < -0.4 is 19.9 Å². The summed E-state index contributed by atoms with van der Waals surface area (Å²) in [6, 6.07) is 10.2. The van der Waals surface area contributed by atoms with Crippen molar-refractivity contribution < 1.29 is 33.8 Å². The van der Waals surface area contributed by atoms with E-state index in [9.17, 15) is 24.3 Å². The SMILES string of the molecule is COc1cc(/C=C2\SC(=O)N(CC(=O)Nc3c(C)cccc3C)C2=O)ccc1O[C@H](C)C(=O)[O-]. The van der Waals surface area contributed by atoms with E-state index in [4.69, 9.17) is 9.47 Å². The molecule has 1 N–H and O–H groups in total. The number of nitrogens with zero attached hydrogens (tertiary/aromatic N) is 1. The Morgan fingerprint density at radius 3 is 2.44 bits per heavy atom. The Kier molecular flexibility index (Phi) is 7.62. The largest absolute Gasteiger partial charge is 0.546 e. The van der Waals surface area contributed by atoms with Crippen molar-refractivity contribution in [3.05, 3.63) is 58.0 Å². The van der Waals surface area contributed by atoms with Crippen LogP contribution in [-0.4, -0.2) is 47.7 Å². The van der Waals surface area contributed by atoms with Gasteiger partial charge in [0.05, 0.1) is 18.0 Å². The fraction of sp³-hybridized carbons (Fsp3) is 0.250. The molecule has 0 aliphatic carbocycles. The Bertz CT molecular complexity index is 1170. The van der Waals surface area contributed by atoms with Gasteiger partial charge in [-0.2, -0.15) is 0 Å². The quantitative estimate of drug-likeness (QED) is 0.568. The topological polar surface area (TPSA) is 125 Å². The first-order valence-corrected chi connectivity index (χ1v) is 11.1. The highest BCUT2D eigenvalue weighted by molar-refractivity contribution is 8.18. The zero-order chi connectivity index (χ0) is 25.0. The number of aryl methyl sites for hydroxylation is 2. The van der Waals surface area contributed by atoms with Crippen LogP contribution in [0, 0.1) is 13.8 Å². The first-order valence-electron chi connectivity index (χ1n) is 10.3. The summed E-state index contributed by atoms with van der Waals surface area (Å²) in [4.78, 5) is 49.7. The summed E-state index contributed by atoms with van der Waals surface area (Å²) in [5.41, 5.74) is 2.92. The number of hydrogen-bond acceptors (Lipinski definition) is 8. The number of hydrogen-bond donors (Lipinski definition) is 1. The summed E-state index contributed by atoms with van der Waals surface area (Å²) in [5, 5.41) is 13.1. The van der Waals surface area contributed by atoms with Gasteiger partial charge in [-0.3, -0.25) is 19.3 Å². The van der Waals surface area contributed by atoms with E-state index in [2.05, 4.69) is 5.32 Å². The van der Waals surface area contributed by atoms with Crippen molar-refractivity contribution in [1.29, 1.82) is 0 Å². The van der Waals surface area contributed by atoms with Crippen LogP contribution in [0.1, 0.15) is 23.6 Å². The predicted octanol–water partition coefficient (Wildman–Crippen LogP) is 2.50. The number of methoxy groups -OCH3 is 1. The van der Waals surface area contributed by atoms with Crippen molar-refractivity contribution in [1.82, 2.24) is 4.90 Å². The average Bonchev–Trinajstić information content (AvgIpc) is 3.04. The van der Waals surface area contributed by atoms with Crippen molar-refractivity contribution in [3.8, 4) is 11.5 Å². The number of imide groups is 1. The molecule has 1 heterocycles. The molecule has 0 spiro atoms. The van der Waals surface area contributed by atoms with E-state index in [-0.39, 0.29) is 16.4 Å². The summed E-state index contributed by atoms with van der Waals surface area (Å²) >= 11 is 0.724. The van der Waals surface area contributed by atoms with Crippen molar-refractivity contribution in [3.63, 3.8) is 0 Å². The second-order valence-corrected chi connectivity index (χ2v) is 8.57. The lowest BCUT2D eigenvalue weighted by Gasteiger charge is -2.17. The molecule has 2 aromatic carbocycles. The number of carbonyl (C=O) groups is 4. The second-order valence-electron chi connectivity index (χ2n) is 7.57. The molecular formula is C24H23N2O7S-. The van der Waals surface area contributed by atoms with Crippen LogP contribution in [0.15, 0.2) is 41.3 Å². The monoisotopic (exact) mass is 483 g/mol. The van der Waals surface area contributed by atoms with Gasteiger partial charge in [0.1, 0.15) is 12.6 Å². The Labute approximate surface area is 200 Å². The van der Waals surface area contributed by atoms with Crippen LogP contribution in [0.5, 0.6) is 11.5 Å². The molecule has 1 saturated heterocycles. The summed E-state index contributed by atoms with van der Waals surface area (Å²) in [6.07, 6.45) is 0.300. The Morgan fingerprint density at radius 2 is 1.82 bits per heavy atom. The summed E-state index contributed by atoms with van der Waals surface area (Å²) in [6.45, 7) is 4.63. The van der Waals surface area contributed by atoms with Gasteiger partial charge >= 0.3 is 0 Å². The van der Waals surface area contributed by atoms with Crippen molar-refractivity contribution >= 4 is 46.5 Å². The van der Waals surface area contributed by atoms with Crippen LogP contribution in [-0.2, 0) is 14.4 Å². The normalized spacial score (nSPS) is 15.4. The fourth-order valence-corrected chi connectivity index (χ4v) is 4.07. The molecule has 1 atom stereocenters. The minimum Gasteiger partial charge on any atom is -0.546 e. The maximum atomic E-state index is 12.8. The molecule has 0 radical (unpaired) electrons. The number of carbonyl (C=O) groups excluding carboxylic acids is 4. The number of rotatable bonds is 8. The molecule has 1 aliphatic heterocycles. The van der Waals surface area contributed by atoms with Gasteiger partial charge in [-0.05, 0) is 67.4 Å². The highest BCUT2D eigenvalue weighted by atomic mass is 32.2. The zero-order valence-corrected chi connectivity index (χ0v) is 19.9. The Morgan fingerprint density at radius 1 is 1.15 bits per heavy atom. The van der Waals surface area contributed by atoms with E-state index in [0.717, 1.165) is 27.8 Å². The predicted molar refractivity (Wildman–Crippen MR) is 125 cm³/mol. The van der Waals surface area contributed by atoms with E-state index < -0.39 is 35.7 Å². The number of nitrogens with one attached hydrogen (secondary N) is 1. The molecular weight excluding hydrogens is 460 g/mol. The highest BCUT2D eigenvalue weighted by Crippen LogP contribution is 2.35. The average molecular weight is 484 g/mol. The molecule has 3 rings (SSSR count). The third kappa shape index (κ3) is 5.57. The number of ether oxygens (including phenoxy) is 2. The van der Waals surface area contributed by atoms with Gasteiger partial charge in [0.15, 0.2) is 11.5 Å². The molecule has 1 aliphatic rings. The van der Waals surface area contributed by atoms with Crippen molar-refractivity contribution in [2.75, 3.05) is 19.0 Å². The van der Waals surface area contributed by atoms with Crippen LogP contribution in [0.4, 0.5) is 10.5 Å². The molecule has 9 nitrogen and oxygen atoms in total. The minimum absolute atomic E-state index is 0.142. The summed E-state index contributed by atoms with van der Waals surface area (Å²) in [5.74, 6) is -2.01. The number of benzene rings is 2. The van der Waals surface area contributed by atoms with Gasteiger partial charge < -0.3 is 24.7 Å². The smallest absolute Gasteiger partial charge is 0.294 e. The van der Waals surface area contributed by atoms with Crippen LogP contribution in [0.3, 0.4) is 0 Å². The molecule has 0 aromatic heterocycles. The number of para-hydroxylation sites is 1. The van der Waals surface area contributed by atoms with Gasteiger partial charge in [-0.15, -0.1) is 0 Å². The molecule has 10 heteroatoms. The van der Waals surface area contributed by atoms with E-state index in [1.807, 2.05) is 32.0 Å². The number of anilines is 1. The minimum atomic E-state index is -1.37. The standard InChI is InChI=1S/C24H24N2O7S/c1-13-6-5-7-14(2)21(13)25-20(27)12-26-22(28)19(34-24(26)31)11-16-8-9-17(18(10-16)32-4)33-15(3)23(29)30/h5-11,15H,12H2,1-4H3,(H,25,27)(H,29,30)/p-1/b19-11-/t15-/m1/s1. The second kappa shape index (κ2) is 10.4. The maximum absolute atomic E-state index is 12.8. The van der Waals surface area contributed by atoms with Crippen LogP contribution >= 0.6 is 11.8 Å². The molecule has 1 fully saturated rings. The molecule has 34 heavy (non-hydrogen) atoms. The number of thioether (sulfide) groups is 1. The van der Waals surface area contributed by atoms with Crippen LogP contribution in [0.25, 0.3) is 6.08 Å². The molecule has 3 amide bonds. The van der Waals surface area contributed by atoms with Gasteiger partial charge in [0, 0.05) is 5.69 Å². The Balaban J connectivity index is 1.74. The zero-order valence-electron chi connectivity index (χ0n) is 19.0. The Hall–Kier alpha value is -3.79. The fourth-order valence-electron chi connectivity index (χ4n) is 3.23. The van der Waals surface area contributed by atoms with E-state index in [0.29, 0.717) is 11.3 Å². The van der Waals surface area contributed by atoms with Gasteiger partial charge in [0.25, 0.3) is 11.1 Å². The molecule has 0 bridgehead atoms. The lowest BCUT2D eigenvalue weighted by molar-refractivity contribution is -0.312. The third-order valence-electron chi connectivity index (χ3n) is 5.04. The first-order chi connectivity index (χ1) is 16.1. The number of carboxylic acids is 1. The lowest BCUT2D eigenvalue weighted by atomic mass is 10.1.